The summed E-state index contributed by atoms with van der Waals surface area (Å²) in [6, 6.07) is 8.97. The second kappa shape index (κ2) is 5.22. The minimum atomic E-state index is 0.875. The maximum absolute atomic E-state index is 3.61. The fourth-order valence-corrected chi connectivity index (χ4v) is 2.63. The van der Waals surface area contributed by atoms with E-state index in [1.165, 1.54) is 50.6 Å². The van der Waals surface area contributed by atoms with E-state index >= 15 is 0 Å². The van der Waals surface area contributed by atoms with E-state index in [4.69, 9.17) is 0 Å². The summed E-state index contributed by atoms with van der Waals surface area (Å²) >= 11 is 0. The van der Waals surface area contributed by atoms with Gasteiger partial charge >= 0.3 is 0 Å². The van der Waals surface area contributed by atoms with Crippen LogP contribution < -0.4 is 5.32 Å². The van der Waals surface area contributed by atoms with Gasteiger partial charge in [0.2, 0.25) is 0 Å². The lowest BCUT2D eigenvalue weighted by Gasteiger charge is -2.09. The topological polar surface area (TPSA) is 12.0 Å². The minimum absolute atomic E-state index is 0.875. The first kappa shape index (κ1) is 11.3. The van der Waals surface area contributed by atoms with E-state index in [1.807, 2.05) is 0 Å². The monoisotopic (exact) mass is 229 g/mol. The summed E-state index contributed by atoms with van der Waals surface area (Å²) < 4.78 is 0. The van der Waals surface area contributed by atoms with Crippen LogP contribution in [0, 0.1) is 5.92 Å². The maximum Gasteiger partial charge on any atom is 0.0208 e. The average Bonchev–Trinajstić information content (AvgIpc) is 3.23. The summed E-state index contributed by atoms with van der Waals surface area (Å²) in [6.45, 7) is 2.26. The summed E-state index contributed by atoms with van der Waals surface area (Å²) in [6.07, 6.45) is 8.58. The molecule has 1 heteroatoms. The molecule has 2 fully saturated rings. The molecule has 2 aliphatic rings. The second-order valence-corrected chi connectivity index (χ2v) is 5.74. The van der Waals surface area contributed by atoms with Crippen molar-refractivity contribution in [2.24, 2.45) is 5.92 Å². The van der Waals surface area contributed by atoms with Gasteiger partial charge in [-0.1, -0.05) is 37.1 Å². The number of benzene rings is 1. The highest BCUT2D eigenvalue weighted by molar-refractivity contribution is 5.33. The third kappa shape index (κ3) is 3.32. The van der Waals surface area contributed by atoms with Crippen LogP contribution in [0.15, 0.2) is 24.3 Å². The van der Waals surface area contributed by atoms with Crippen molar-refractivity contribution in [3.8, 4) is 0 Å². The van der Waals surface area contributed by atoms with Crippen LogP contribution in [-0.2, 0) is 6.54 Å². The van der Waals surface area contributed by atoms with E-state index in [-0.39, 0.29) is 0 Å². The Bertz CT molecular complexity index is 364. The van der Waals surface area contributed by atoms with Crippen molar-refractivity contribution in [1.82, 2.24) is 5.32 Å². The van der Waals surface area contributed by atoms with Gasteiger partial charge in [-0.05, 0) is 55.2 Å². The van der Waals surface area contributed by atoms with Gasteiger partial charge in [0.15, 0.2) is 0 Å². The van der Waals surface area contributed by atoms with Gasteiger partial charge in [-0.25, -0.2) is 0 Å². The molecule has 3 rings (SSSR count). The highest BCUT2D eigenvalue weighted by atomic mass is 14.8. The smallest absolute Gasteiger partial charge is 0.0208 e. The van der Waals surface area contributed by atoms with Crippen molar-refractivity contribution in [2.75, 3.05) is 6.54 Å². The molecule has 0 aliphatic heterocycles. The summed E-state index contributed by atoms with van der Waals surface area (Å²) in [5.41, 5.74) is 3.13. The van der Waals surface area contributed by atoms with E-state index in [0.29, 0.717) is 0 Å². The zero-order valence-electron chi connectivity index (χ0n) is 10.6. The molecule has 0 aromatic heterocycles. The summed E-state index contributed by atoms with van der Waals surface area (Å²) in [4.78, 5) is 0. The first-order valence-corrected chi connectivity index (χ1v) is 7.22. The zero-order chi connectivity index (χ0) is 11.5. The second-order valence-electron chi connectivity index (χ2n) is 5.74. The summed E-state index contributed by atoms with van der Waals surface area (Å²) in [5, 5.41) is 3.61. The molecular formula is C16H23N. The van der Waals surface area contributed by atoms with E-state index in [2.05, 4.69) is 29.6 Å². The van der Waals surface area contributed by atoms with Crippen LogP contribution in [0.1, 0.15) is 55.6 Å². The predicted octanol–water partition coefficient (Wildman–Crippen LogP) is 3.84. The van der Waals surface area contributed by atoms with E-state index < -0.39 is 0 Å². The fraction of sp³-hybridized carbons (Fsp3) is 0.625. The van der Waals surface area contributed by atoms with Gasteiger partial charge in [0.1, 0.15) is 0 Å². The van der Waals surface area contributed by atoms with Crippen molar-refractivity contribution in [3.05, 3.63) is 35.4 Å². The number of nitrogens with one attached hydrogen (secondary N) is 1. The molecule has 2 saturated carbocycles. The third-order valence-electron chi connectivity index (χ3n) is 4.05. The molecule has 17 heavy (non-hydrogen) atoms. The molecule has 0 unspecified atom stereocenters. The quantitative estimate of drug-likeness (QED) is 0.700. The Morgan fingerprint density at radius 1 is 1.06 bits per heavy atom. The predicted molar refractivity (Wildman–Crippen MR) is 72.1 cm³/mol. The van der Waals surface area contributed by atoms with Crippen LogP contribution in [0.5, 0.6) is 0 Å². The molecule has 0 spiro atoms. The Balaban J connectivity index is 1.43. The lowest BCUT2D eigenvalue weighted by Crippen LogP contribution is -2.15. The Hall–Kier alpha value is -0.820. The van der Waals surface area contributed by atoms with Gasteiger partial charge in [-0.2, -0.15) is 0 Å². The summed E-state index contributed by atoms with van der Waals surface area (Å²) in [5.74, 6) is 1.95. The minimum Gasteiger partial charge on any atom is -0.313 e. The van der Waals surface area contributed by atoms with Crippen molar-refractivity contribution in [1.29, 1.82) is 0 Å². The fourth-order valence-electron chi connectivity index (χ4n) is 2.63. The molecule has 1 aromatic rings. The van der Waals surface area contributed by atoms with E-state index in [9.17, 15) is 0 Å². The van der Waals surface area contributed by atoms with Crippen LogP contribution in [0.3, 0.4) is 0 Å². The Labute approximate surface area is 105 Å². The largest absolute Gasteiger partial charge is 0.313 e. The van der Waals surface area contributed by atoms with Gasteiger partial charge in [0.25, 0.3) is 0 Å². The standard InChI is InChI=1S/C16H23N/c1-2-6-16(14-9-10-14)15(5-1)12-17-11-3-4-13-7-8-13/h1-2,5-6,13-14,17H,3-4,7-12H2. The van der Waals surface area contributed by atoms with Gasteiger partial charge < -0.3 is 5.32 Å². The molecule has 1 nitrogen and oxygen atoms in total. The van der Waals surface area contributed by atoms with Crippen LogP contribution >= 0.6 is 0 Å². The number of hydrogen-bond acceptors (Lipinski definition) is 1. The van der Waals surface area contributed by atoms with Crippen LogP contribution in [0.25, 0.3) is 0 Å². The van der Waals surface area contributed by atoms with Crippen molar-refractivity contribution in [3.63, 3.8) is 0 Å². The maximum atomic E-state index is 3.61. The molecular weight excluding hydrogens is 206 g/mol. The van der Waals surface area contributed by atoms with Crippen molar-refractivity contribution in [2.45, 2.75) is 51.0 Å². The van der Waals surface area contributed by atoms with Crippen LogP contribution in [-0.4, -0.2) is 6.54 Å². The Morgan fingerprint density at radius 3 is 2.65 bits per heavy atom. The van der Waals surface area contributed by atoms with E-state index in [0.717, 1.165) is 18.4 Å². The third-order valence-corrected chi connectivity index (χ3v) is 4.05. The summed E-state index contributed by atoms with van der Waals surface area (Å²) in [7, 11) is 0. The van der Waals surface area contributed by atoms with Crippen LogP contribution in [0.4, 0.5) is 0 Å². The van der Waals surface area contributed by atoms with Gasteiger partial charge in [0.05, 0.1) is 0 Å². The molecule has 0 heterocycles. The van der Waals surface area contributed by atoms with Crippen LogP contribution in [0.2, 0.25) is 0 Å². The molecule has 0 amide bonds. The lowest BCUT2D eigenvalue weighted by molar-refractivity contribution is 0.592. The van der Waals surface area contributed by atoms with Crippen molar-refractivity contribution >= 4 is 0 Å². The average molecular weight is 229 g/mol. The SMILES string of the molecule is c1ccc(C2CC2)c(CNCCCC2CC2)c1. The molecule has 1 N–H and O–H groups in total. The van der Waals surface area contributed by atoms with Crippen molar-refractivity contribution < 1.29 is 0 Å². The van der Waals surface area contributed by atoms with Gasteiger partial charge in [-0.3, -0.25) is 0 Å². The molecule has 1 aromatic carbocycles. The lowest BCUT2D eigenvalue weighted by atomic mass is 10.0. The molecule has 0 bridgehead atoms. The highest BCUT2D eigenvalue weighted by Gasteiger charge is 2.25. The first-order chi connectivity index (χ1) is 8.43. The molecule has 92 valence electrons. The zero-order valence-corrected chi connectivity index (χ0v) is 10.6. The van der Waals surface area contributed by atoms with Gasteiger partial charge in [0, 0.05) is 6.54 Å². The molecule has 2 aliphatic carbocycles. The Morgan fingerprint density at radius 2 is 1.88 bits per heavy atom. The highest BCUT2D eigenvalue weighted by Crippen LogP contribution is 2.41. The van der Waals surface area contributed by atoms with Gasteiger partial charge in [-0.15, -0.1) is 0 Å². The molecule has 0 radical (unpaired) electrons. The Kier molecular flexibility index (Phi) is 3.46. The molecule has 0 saturated heterocycles. The normalized spacial score (nSPS) is 19.5. The molecule has 0 atom stereocenters. The number of rotatable bonds is 7. The van der Waals surface area contributed by atoms with E-state index in [1.54, 1.807) is 5.56 Å². The first-order valence-electron chi connectivity index (χ1n) is 7.22. The number of hydrogen-bond donors (Lipinski definition) is 1.